The molecule has 0 unspecified atom stereocenters. The van der Waals surface area contributed by atoms with Gasteiger partial charge in [0.2, 0.25) is 0 Å². The second kappa shape index (κ2) is 9.23. The van der Waals surface area contributed by atoms with Crippen LogP contribution in [0.4, 0.5) is 5.69 Å². The molecule has 24 heavy (non-hydrogen) atoms. The summed E-state index contributed by atoms with van der Waals surface area (Å²) in [4.78, 5) is 13.5. The van der Waals surface area contributed by atoms with E-state index in [2.05, 4.69) is 12.2 Å². The molecule has 1 amide bonds. The predicted molar refractivity (Wildman–Crippen MR) is 99.6 cm³/mol. The van der Waals surface area contributed by atoms with Crippen LogP contribution in [0, 0.1) is 0 Å². The number of ether oxygens (including phenoxy) is 2. The van der Waals surface area contributed by atoms with E-state index in [1.807, 2.05) is 30.5 Å². The lowest BCUT2D eigenvalue weighted by atomic mass is 10.2. The zero-order valence-corrected chi connectivity index (χ0v) is 15.1. The Morgan fingerprint density at radius 3 is 2.71 bits per heavy atom. The van der Waals surface area contributed by atoms with Gasteiger partial charge in [-0.1, -0.05) is 19.4 Å². The van der Waals surface area contributed by atoms with Crippen molar-refractivity contribution in [3.8, 4) is 11.5 Å². The van der Waals surface area contributed by atoms with E-state index in [-0.39, 0.29) is 5.91 Å². The number of nitrogens with one attached hydrogen (secondary N) is 1. The minimum atomic E-state index is -0.174. The summed E-state index contributed by atoms with van der Waals surface area (Å²) in [7, 11) is 1.58. The lowest BCUT2D eigenvalue weighted by Crippen LogP contribution is -2.12. The third-order valence-electron chi connectivity index (χ3n) is 3.51. The highest BCUT2D eigenvalue weighted by Gasteiger charge is 2.11. The van der Waals surface area contributed by atoms with Crippen molar-refractivity contribution in [2.45, 2.75) is 24.7 Å². The summed E-state index contributed by atoms with van der Waals surface area (Å²) in [5.41, 5.74) is 1.30. The van der Waals surface area contributed by atoms with Gasteiger partial charge in [0.15, 0.2) is 11.5 Å². The normalized spacial score (nSPS) is 10.3. The van der Waals surface area contributed by atoms with Gasteiger partial charge in [0.1, 0.15) is 0 Å². The van der Waals surface area contributed by atoms with E-state index in [1.54, 1.807) is 37.1 Å². The molecule has 0 spiro atoms. The zero-order valence-electron chi connectivity index (χ0n) is 14.3. The number of methoxy groups -OCH3 is 1. The first-order valence-electron chi connectivity index (χ1n) is 7.94. The van der Waals surface area contributed by atoms with Crippen LogP contribution in [0.3, 0.4) is 0 Å². The van der Waals surface area contributed by atoms with Crippen LogP contribution in [0.25, 0.3) is 0 Å². The van der Waals surface area contributed by atoms with Crippen molar-refractivity contribution in [1.29, 1.82) is 0 Å². The molecular formula is C19H23NO3S. The maximum atomic E-state index is 12.4. The molecule has 0 aliphatic carbocycles. The van der Waals surface area contributed by atoms with E-state index in [4.69, 9.17) is 9.47 Å². The number of unbranched alkanes of at least 4 members (excludes halogenated alkanes) is 1. The van der Waals surface area contributed by atoms with Gasteiger partial charge >= 0.3 is 0 Å². The van der Waals surface area contributed by atoms with Crippen molar-refractivity contribution < 1.29 is 14.3 Å². The Hall–Kier alpha value is -2.14. The molecule has 4 nitrogen and oxygen atoms in total. The second-order valence-electron chi connectivity index (χ2n) is 5.25. The quantitative estimate of drug-likeness (QED) is 0.549. The fourth-order valence-electron chi connectivity index (χ4n) is 2.16. The molecule has 128 valence electrons. The SMILES string of the molecule is CCCCOc1ccc(C(=O)Nc2cccc(SC)c2)cc1OC. The number of carbonyl (C=O) groups is 1. The molecule has 0 aromatic heterocycles. The monoisotopic (exact) mass is 345 g/mol. The largest absolute Gasteiger partial charge is 0.493 e. The first-order valence-corrected chi connectivity index (χ1v) is 9.16. The van der Waals surface area contributed by atoms with Gasteiger partial charge in [-0.05, 0) is 49.1 Å². The minimum absolute atomic E-state index is 0.174. The summed E-state index contributed by atoms with van der Waals surface area (Å²) in [5.74, 6) is 1.05. The van der Waals surface area contributed by atoms with E-state index in [0.29, 0.717) is 23.7 Å². The fraction of sp³-hybridized carbons (Fsp3) is 0.316. The number of anilines is 1. The number of hydrogen-bond donors (Lipinski definition) is 1. The summed E-state index contributed by atoms with van der Waals surface area (Å²) in [6.45, 7) is 2.75. The van der Waals surface area contributed by atoms with Crippen molar-refractivity contribution in [3.05, 3.63) is 48.0 Å². The molecule has 2 aromatic carbocycles. The van der Waals surface area contributed by atoms with Gasteiger partial charge in [0.05, 0.1) is 13.7 Å². The van der Waals surface area contributed by atoms with Gasteiger partial charge in [-0.3, -0.25) is 4.79 Å². The van der Waals surface area contributed by atoms with Crippen molar-refractivity contribution in [1.82, 2.24) is 0 Å². The van der Waals surface area contributed by atoms with Crippen LogP contribution in [-0.2, 0) is 0 Å². The first-order chi connectivity index (χ1) is 11.7. The van der Waals surface area contributed by atoms with Gasteiger partial charge in [0, 0.05) is 16.1 Å². The van der Waals surface area contributed by atoms with E-state index >= 15 is 0 Å². The Bertz CT molecular complexity index is 688. The maximum Gasteiger partial charge on any atom is 0.255 e. The van der Waals surface area contributed by atoms with Crippen LogP contribution >= 0.6 is 11.8 Å². The summed E-state index contributed by atoms with van der Waals surface area (Å²) < 4.78 is 11.0. The average Bonchev–Trinajstić information content (AvgIpc) is 2.62. The third-order valence-corrected chi connectivity index (χ3v) is 4.23. The number of carbonyl (C=O) groups excluding carboxylic acids is 1. The van der Waals surface area contributed by atoms with Crippen LogP contribution in [0.5, 0.6) is 11.5 Å². The molecular weight excluding hydrogens is 322 g/mol. The first kappa shape index (κ1) is 18.2. The topological polar surface area (TPSA) is 47.6 Å². The summed E-state index contributed by atoms with van der Waals surface area (Å²) in [5, 5.41) is 2.91. The summed E-state index contributed by atoms with van der Waals surface area (Å²) >= 11 is 1.64. The van der Waals surface area contributed by atoms with Gasteiger partial charge in [-0.25, -0.2) is 0 Å². The molecule has 2 aromatic rings. The molecule has 0 radical (unpaired) electrons. The van der Waals surface area contributed by atoms with E-state index < -0.39 is 0 Å². The molecule has 0 saturated heterocycles. The van der Waals surface area contributed by atoms with Crippen LogP contribution in [0.15, 0.2) is 47.4 Å². The molecule has 0 bridgehead atoms. The lowest BCUT2D eigenvalue weighted by Gasteiger charge is -2.12. The number of rotatable bonds is 8. The van der Waals surface area contributed by atoms with Crippen molar-refractivity contribution >= 4 is 23.4 Å². The molecule has 0 aliphatic heterocycles. The van der Waals surface area contributed by atoms with Gasteiger partial charge in [-0.2, -0.15) is 0 Å². The van der Waals surface area contributed by atoms with Crippen molar-refractivity contribution in [3.63, 3.8) is 0 Å². The molecule has 0 heterocycles. The Morgan fingerprint density at radius 1 is 1.17 bits per heavy atom. The van der Waals surface area contributed by atoms with E-state index in [1.165, 1.54) is 0 Å². The van der Waals surface area contributed by atoms with Crippen molar-refractivity contribution in [2.24, 2.45) is 0 Å². The summed E-state index contributed by atoms with van der Waals surface area (Å²) in [6, 6.07) is 13.0. The highest BCUT2D eigenvalue weighted by molar-refractivity contribution is 7.98. The number of thioether (sulfide) groups is 1. The molecule has 5 heteroatoms. The Kier molecular flexibility index (Phi) is 7.00. The van der Waals surface area contributed by atoms with Crippen LogP contribution in [0.1, 0.15) is 30.1 Å². The molecule has 1 N–H and O–H groups in total. The van der Waals surface area contributed by atoms with Crippen LogP contribution in [0.2, 0.25) is 0 Å². The maximum absolute atomic E-state index is 12.4. The number of hydrogen-bond acceptors (Lipinski definition) is 4. The molecule has 2 rings (SSSR count). The van der Waals surface area contributed by atoms with Crippen LogP contribution in [-0.4, -0.2) is 25.9 Å². The average molecular weight is 345 g/mol. The second-order valence-corrected chi connectivity index (χ2v) is 6.13. The smallest absolute Gasteiger partial charge is 0.255 e. The van der Waals surface area contributed by atoms with Crippen molar-refractivity contribution in [2.75, 3.05) is 25.3 Å². The van der Waals surface area contributed by atoms with Gasteiger partial charge in [0.25, 0.3) is 5.91 Å². The molecule has 0 aliphatic rings. The standard InChI is InChI=1S/C19H23NO3S/c1-4-5-11-23-17-10-9-14(12-18(17)22-2)19(21)20-15-7-6-8-16(13-15)24-3/h6-10,12-13H,4-5,11H2,1-3H3,(H,20,21). The predicted octanol–water partition coefficient (Wildman–Crippen LogP) is 4.85. The lowest BCUT2D eigenvalue weighted by molar-refractivity contribution is 0.102. The van der Waals surface area contributed by atoms with Gasteiger partial charge in [-0.15, -0.1) is 11.8 Å². The van der Waals surface area contributed by atoms with E-state index in [0.717, 1.165) is 23.4 Å². The zero-order chi connectivity index (χ0) is 17.4. The third kappa shape index (κ3) is 4.93. The number of benzene rings is 2. The highest BCUT2D eigenvalue weighted by Crippen LogP contribution is 2.29. The fourth-order valence-corrected chi connectivity index (χ4v) is 2.62. The van der Waals surface area contributed by atoms with E-state index in [9.17, 15) is 4.79 Å². The highest BCUT2D eigenvalue weighted by atomic mass is 32.2. The molecule has 0 fully saturated rings. The minimum Gasteiger partial charge on any atom is -0.493 e. The van der Waals surface area contributed by atoms with Crippen LogP contribution < -0.4 is 14.8 Å². The van der Waals surface area contributed by atoms with Gasteiger partial charge < -0.3 is 14.8 Å². The Labute approximate surface area is 147 Å². The molecule has 0 saturated carbocycles. The number of amides is 1. The summed E-state index contributed by atoms with van der Waals surface area (Å²) in [6.07, 6.45) is 4.05. The Balaban J connectivity index is 2.11. The molecule has 0 atom stereocenters. The Morgan fingerprint density at radius 2 is 2.00 bits per heavy atom.